The summed E-state index contributed by atoms with van der Waals surface area (Å²) < 4.78 is 5.41. The number of amides is 2. The summed E-state index contributed by atoms with van der Waals surface area (Å²) in [7, 11) is 0. The van der Waals surface area contributed by atoms with Crippen molar-refractivity contribution in [3.8, 4) is 11.1 Å². The van der Waals surface area contributed by atoms with Gasteiger partial charge in [0.05, 0.1) is 12.5 Å². The maximum atomic E-state index is 12.2. The van der Waals surface area contributed by atoms with Crippen LogP contribution in [-0.2, 0) is 14.3 Å². The van der Waals surface area contributed by atoms with Crippen LogP contribution >= 0.6 is 0 Å². The Morgan fingerprint density at radius 2 is 1.43 bits per heavy atom. The van der Waals surface area contributed by atoms with Crippen molar-refractivity contribution in [2.24, 2.45) is 0 Å². The first-order chi connectivity index (χ1) is 16.9. The second-order valence-corrected chi connectivity index (χ2v) is 8.31. The summed E-state index contributed by atoms with van der Waals surface area (Å²) in [6, 6.07) is 23.0. The molecule has 180 valence electrons. The minimum absolute atomic E-state index is 0.0882. The van der Waals surface area contributed by atoms with Crippen molar-refractivity contribution >= 4 is 18.0 Å². The number of carboxylic acid groups (broad SMARTS) is 1. The molecule has 2 atom stereocenters. The van der Waals surface area contributed by atoms with Crippen LogP contribution in [0, 0.1) is 0 Å². The molecule has 0 fully saturated rings. The highest BCUT2D eigenvalue weighted by atomic mass is 16.5. The van der Waals surface area contributed by atoms with Gasteiger partial charge in [-0.05, 0) is 27.8 Å². The van der Waals surface area contributed by atoms with Crippen LogP contribution in [0.15, 0.2) is 78.9 Å². The summed E-state index contributed by atoms with van der Waals surface area (Å²) in [6.07, 6.45) is -2.29. The smallest absolute Gasteiger partial charge is 0.407 e. The zero-order valence-corrected chi connectivity index (χ0v) is 18.9. The molecule has 1 unspecified atom stereocenters. The first-order valence-electron chi connectivity index (χ1n) is 11.3. The highest BCUT2D eigenvalue weighted by Gasteiger charge is 2.29. The summed E-state index contributed by atoms with van der Waals surface area (Å²) in [4.78, 5) is 36.0. The number of fused-ring (bicyclic) bond motifs is 3. The van der Waals surface area contributed by atoms with Gasteiger partial charge in [0, 0.05) is 12.5 Å². The fourth-order valence-corrected chi connectivity index (χ4v) is 4.29. The number of carbonyl (C=O) groups excluding carboxylic acids is 2. The van der Waals surface area contributed by atoms with Gasteiger partial charge >= 0.3 is 12.1 Å². The summed E-state index contributed by atoms with van der Waals surface area (Å²) in [5.41, 5.74) is 4.83. The minimum Gasteiger partial charge on any atom is -0.479 e. The van der Waals surface area contributed by atoms with E-state index in [9.17, 15) is 24.6 Å². The molecule has 8 heteroatoms. The first kappa shape index (κ1) is 24.0. The number of benzene rings is 3. The number of aliphatic hydroxyl groups excluding tert-OH is 1. The van der Waals surface area contributed by atoms with Crippen molar-refractivity contribution < 1.29 is 29.3 Å². The molecule has 0 aromatic heterocycles. The van der Waals surface area contributed by atoms with Gasteiger partial charge in [-0.3, -0.25) is 4.79 Å². The average Bonchev–Trinajstić information content (AvgIpc) is 3.19. The normalized spacial score (nSPS) is 13.7. The highest BCUT2D eigenvalue weighted by Crippen LogP contribution is 2.44. The molecule has 3 aromatic rings. The molecule has 4 rings (SSSR count). The molecule has 0 heterocycles. The second-order valence-electron chi connectivity index (χ2n) is 8.31. The number of carboxylic acids is 1. The Labute approximate surface area is 202 Å². The molecule has 0 spiro atoms. The summed E-state index contributed by atoms with van der Waals surface area (Å²) in [6.45, 7) is -0.0824. The quantitative estimate of drug-likeness (QED) is 0.377. The molecule has 1 aliphatic carbocycles. The zero-order valence-electron chi connectivity index (χ0n) is 18.9. The number of carbonyl (C=O) groups is 3. The third-order valence-electron chi connectivity index (χ3n) is 5.93. The van der Waals surface area contributed by atoms with Gasteiger partial charge in [0.2, 0.25) is 5.91 Å². The Kier molecular flexibility index (Phi) is 7.42. The number of nitrogens with one attached hydrogen (secondary N) is 2. The van der Waals surface area contributed by atoms with Crippen molar-refractivity contribution in [1.29, 1.82) is 0 Å². The second kappa shape index (κ2) is 10.8. The van der Waals surface area contributed by atoms with Crippen molar-refractivity contribution in [3.63, 3.8) is 0 Å². The highest BCUT2D eigenvalue weighted by molar-refractivity contribution is 5.85. The van der Waals surface area contributed by atoms with Crippen LogP contribution in [0.5, 0.6) is 0 Å². The molecule has 8 nitrogen and oxygen atoms in total. The maximum absolute atomic E-state index is 12.2. The van der Waals surface area contributed by atoms with Crippen LogP contribution in [0.1, 0.15) is 35.1 Å². The molecule has 0 saturated carbocycles. The number of aliphatic carboxylic acids is 1. The van der Waals surface area contributed by atoms with E-state index in [0.717, 1.165) is 22.3 Å². The number of hydrogen-bond donors (Lipinski definition) is 4. The van der Waals surface area contributed by atoms with Gasteiger partial charge in [0.15, 0.2) is 6.04 Å². The lowest BCUT2D eigenvalue weighted by Crippen LogP contribution is -2.39. The van der Waals surface area contributed by atoms with E-state index in [1.807, 2.05) is 48.5 Å². The average molecular weight is 475 g/mol. The van der Waals surface area contributed by atoms with Crippen LogP contribution < -0.4 is 10.6 Å². The van der Waals surface area contributed by atoms with Gasteiger partial charge in [-0.2, -0.15) is 0 Å². The van der Waals surface area contributed by atoms with Crippen molar-refractivity contribution in [3.05, 3.63) is 95.6 Å². The van der Waals surface area contributed by atoms with E-state index in [0.29, 0.717) is 5.56 Å². The van der Waals surface area contributed by atoms with Gasteiger partial charge in [-0.25, -0.2) is 9.59 Å². The molecule has 0 bridgehead atoms. The van der Waals surface area contributed by atoms with Crippen molar-refractivity contribution in [2.45, 2.75) is 24.5 Å². The lowest BCUT2D eigenvalue weighted by atomic mass is 9.98. The van der Waals surface area contributed by atoms with Gasteiger partial charge in [0.25, 0.3) is 0 Å². The van der Waals surface area contributed by atoms with Gasteiger partial charge in [-0.15, -0.1) is 0 Å². The van der Waals surface area contributed by atoms with Crippen LogP contribution in [0.2, 0.25) is 0 Å². The van der Waals surface area contributed by atoms with Crippen LogP contribution in [0.4, 0.5) is 4.79 Å². The fourth-order valence-electron chi connectivity index (χ4n) is 4.29. The van der Waals surface area contributed by atoms with E-state index in [1.165, 1.54) is 0 Å². The Morgan fingerprint density at radius 1 is 0.857 bits per heavy atom. The molecular weight excluding hydrogens is 448 g/mol. The van der Waals surface area contributed by atoms with Crippen LogP contribution in [0.25, 0.3) is 11.1 Å². The third-order valence-corrected chi connectivity index (χ3v) is 5.93. The molecule has 4 N–H and O–H groups in total. The van der Waals surface area contributed by atoms with E-state index >= 15 is 0 Å². The molecule has 0 aliphatic heterocycles. The lowest BCUT2D eigenvalue weighted by molar-refractivity contribution is -0.142. The summed E-state index contributed by atoms with van der Waals surface area (Å²) >= 11 is 0. The number of hydrogen-bond acceptors (Lipinski definition) is 5. The van der Waals surface area contributed by atoms with Crippen molar-refractivity contribution in [2.75, 3.05) is 13.2 Å². The molecule has 2 amide bonds. The molecular formula is C27H26N2O6. The van der Waals surface area contributed by atoms with E-state index in [2.05, 4.69) is 10.6 Å². The Hall–Kier alpha value is -4.17. The monoisotopic (exact) mass is 474 g/mol. The van der Waals surface area contributed by atoms with Gasteiger partial charge in [-0.1, -0.05) is 78.9 Å². The first-order valence-corrected chi connectivity index (χ1v) is 11.3. The minimum atomic E-state index is -1.23. The predicted molar refractivity (Wildman–Crippen MR) is 129 cm³/mol. The summed E-state index contributed by atoms with van der Waals surface area (Å²) in [5, 5.41) is 24.4. The molecule has 35 heavy (non-hydrogen) atoms. The third kappa shape index (κ3) is 5.67. The van der Waals surface area contributed by atoms with Crippen LogP contribution in [0.3, 0.4) is 0 Å². The van der Waals surface area contributed by atoms with E-state index < -0.39 is 30.1 Å². The number of aliphatic hydroxyl groups is 1. The standard InChI is InChI=1S/C27H26N2O6/c30-18(14-24(31)29-25(26(32)33)17-8-2-1-3-9-17)15-28-27(34)35-16-23-21-12-6-4-10-19(21)20-11-5-7-13-22(20)23/h1-13,18,23,25,30H,14-16H2,(H,28,34)(H,29,31)(H,32,33)/t18?,25-/m0/s1. The fraction of sp³-hybridized carbons (Fsp3) is 0.222. The number of ether oxygens (including phenoxy) is 1. The van der Waals surface area contributed by atoms with E-state index in [4.69, 9.17) is 4.74 Å². The van der Waals surface area contributed by atoms with E-state index in [1.54, 1.807) is 30.3 Å². The lowest BCUT2D eigenvalue weighted by Gasteiger charge is -2.17. The van der Waals surface area contributed by atoms with Gasteiger partial charge < -0.3 is 25.6 Å². The Balaban J connectivity index is 1.25. The van der Waals surface area contributed by atoms with Crippen molar-refractivity contribution in [1.82, 2.24) is 10.6 Å². The topological polar surface area (TPSA) is 125 Å². The largest absolute Gasteiger partial charge is 0.479 e. The SMILES string of the molecule is O=C(CC(O)CNC(=O)OCC1c2ccccc2-c2ccccc21)N[C@H](C(=O)O)c1ccccc1. The Morgan fingerprint density at radius 3 is 2.03 bits per heavy atom. The molecule has 0 saturated heterocycles. The molecule has 3 aromatic carbocycles. The van der Waals surface area contributed by atoms with Gasteiger partial charge in [0.1, 0.15) is 6.61 Å². The molecule has 0 radical (unpaired) electrons. The summed E-state index contributed by atoms with van der Waals surface area (Å²) in [5.74, 6) is -1.95. The number of rotatable bonds is 9. The molecule has 1 aliphatic rings. The van der Waals surface area contributed by atoms with Crippen LogP contribution in [-0.4, -0.2) is 47.4 Å². The Bertz CT molecular complexity index is 1170. The number of alkyl carbamates (subject to hydrolysis) is 1. The van der Waals surface area contributed by atoms with E-state index in [-0.39, 0.29) is 25.5 Å². The maximum Gasteiger partial charge on any atom is 0.407 e. The zero-order chi connectivity index (χ0) is 24.8. The predicted octanol–water partition coefficient (Wildman–Crippen LogP) is 3.22.